The van der Waals surface area contributed by atoms with Gasteiger partial charge in [0.1, 0.15) is 17.5 Å². The van der Waals surface area contributed by atoms with Crippen molar-refractivity contribution >= 4 is 39.8 Å². The lowest BCUT2D eigenvalue weighted by molar-refractivity contribution is 0.234. The van der Waals surface area contributed by atoms with Crippen molar-refractivity contribution in [2.75, 3.05) is 17.2 Å². The summed E-state index contributed by atoms with van der Waals surface area (Å²) < 4.78 is 23.4. The molecule has 0 spiro atoms. The van der Waals surface area contributed by atoms with Crippen LogP contribution in [0.4, 0.5) is 17.5 Å². The second-order valence-electron chi connectivity index (χ2n) is 6.92. The summed E-state index contributed by atoms with van der Waals surface area (Å²) in [5, 5.41) is 16.9. The molecule has 8 heteroatoms. The molecule has 142 valence electrons. The second-order valence-corrected chi connectivity index (χ2v) is 7.33. The molecule has 0 bridgehead atoms. The van der Waals surface area contributed by atoms with Gasteiger partial charge >= 0.3 is 0 Å². The molecule has 3 rings (SSSR count). The Kier molecular flexibility index (Phi) is 4.10. The maximum atomic E-state index is 12.9. The predicted molar refractivity (Wildman–Crippen MR) is 109 cm³/mol. The first-order valence-electron chi connectivity index (χ1n) is 9.76. The summed E-state index contributed by atoms with van der Waals surface area (Å²) in [5.74, 6) is 1.05. The molecule has 0 aliphatic rings. The molecule has 3 aromatic rings. The Morgan fingerprint density at radius 1 is 1.37 bits per heavy atom. The average molecular weight is 391 g/mol. The van der Waals surface area contributed by atoms with Crippen LogP contribution >= 0.6 is 11.6 Å². The Labute approximate surface area is 166 Å². The Balaban J connectivity index is 2.19. The van der Waals surface area contributed by atoms with Crippen molar-refractivity contribution in [1.82, 2.24) is 14.5 Å². The quantitative estimate of drug-likeness (QED) is 0.619. The summed E-state index contributed by atoms with van der Waals surface area (Å²) in [6, 6.07) is 4.92. The molecule has 0 fully saturated rings. The van der Waals surface area contributed by atoms with E-state index in [0.29, 0.717) is 26.6 Å². The number of halogens is 1. The molecule has 0 unspecified atom stereocenters. The third-order valence-corrected chi connectivity index (χ3v) is 4.44. The van der Waals surface area contributed by atoms with Crippen LogP contribution in [0.3, 0.4) is 0 Å². The van der Waals surface area contributed by atoms with Gasteiger partial charge in [0.25, 0.3) is 5.56 Å². The van der Waals surface area contributed by atoms with Gasteiger partial charge in [-0.3, -0.25) is 4.79 Å². The van der Waals surface area contributed by atoms with Crippen LogP contribution in [-0.4, -0.2) is 31.8 Å². The third-order valence-electron chi connectivity index (χ3n) is 4.04. The number of rotatable bonds is 5. The molecule has 7 nitrogen and oxygen atoms in total. The standard InChI is InChI=1S/C19H22ClN5O2/c1-11-7-14(21-9-13(11)20)22-15-8-12-5-6-25(4)18(27)16(12)17(23-15)24-19(2,3)10-26/h5-9,26H,10H2,1-4H3,(H2,21,22,23,24)/i4D3. The largest absolute Gasteiger partial charge is 0.394 e. The Bertz CT molecular complexity index is 1160. The van der Waals surface area contributed by atoms with E-state index in [9.17, 15) is 9.90 Å². The van der Waals surface area contributed by atoms with E-state index in [4.69, 9.17) is 15.7 Å². The van der Waals surface area contributed by atoms with Gasteiger partial charge in [-0.1, -0.05) is 11.6 Å². The summed E-state index contributed by atoms with van der Waals surface area (Å²) in [6.07, 6.45) is 2.75. The van der Waals surface area contributed by atoms with Gasteiger partial charge in [0.05, 0.1) is 22.6 Å². The van der Waals surface area contributed by atoms with E-state index in [1.54, 1.807) is 26.0 Å². The Hall–Kier alpha value is -2.64. The van der Waals surface area contributed by atoms with Gasteiger partial charge < -0.3 is 20.3 Å². The first-order chi connectivity index (χ1) is 13.9. The van der Waals surface area contributed by atoms with Crippen LogP contribution in [0.2, 0.25) is 5.02 Å². The van der Waals surface area contributed by atoms with Crippen molar-refractivity contribution in [3.8, 4) is 0 Å². The molecular formula is C19H22ClN5O2. The van der Waals surface area contributed by atoms with Crippen molar-refractivity contribution in [2.24, 2.45) is 6.98 Å². The van der Waals surface area contributed by atoms with Crippen LogP contribution < -0.4 is 16.2 Å². The zero-order valence-corrected chi connectivity index (χ0v) is 15.9. The number of aryl methyl sites for hydroxylation is 2. The normalized spacial score (nSPS) is 13.7. The Morgan fingerprint density at radius 3 is 2.81 bits per heavy atom. The van der Waals surface area contributed by atoms with E-state index in [1.165, 1.54) is 18.5 Å². The van der Waals surface area contributed by atoms with Gasteiger partial charge in [-0.15, -0.1) is 0 Å². The fourth-order valence-electron chi connectivity index (χ4n) is 2.52. The van der Waals surface area contributed by atoms with E-state index in [1.807, 2.05) is 6.92 Å². The number of nitrogens with one attached hydrogen (secondary N) is 2. The molecule has 0 aliphatic carbocycles. The van der Waals surface area contributed by atoms with Crippen molar-refractivity contribution in [3.63, 3.8) is 0 Å². The number of aliphatic hydroxyl groups excluding tert-OH is 1. The Morgan fingerprint density at radius 2 is 2.15 bits per heavy atom. The number of anilines is 3. The highest BCUT2D eigenvalue weighted by atomic mass is 35.5. The van der Waals surface area contributed by atoms with E-state index in [-0.39, 0.29) is 17.8 Å². The van der Waals surface area contributed by atoms with E-state index >= 15 is 0 Å². The summed E-state index contributed by atoms with van der Waals surface area (Å²) >= 11 is 6.02. The minimum Gasteiger partial charge on any atom is -0.394 e. The highest BCUT2D eigenvalue weighted by molar-refractivity contribution is 6.31. The number of nitrogens with zero attached hydrogens (tertiary/aromatic N) is 3. The molecular weight excluding hydrogens is 366 g/mol. The minimum absolute atomic E-state index is 0.112. The number of hydrogen-bond donors (Lipinski definition) is 3. The summed E-state index contributed by atoms with van der Waals surface area (Å²) in [5.41, 5.74) is -0.681. The molecule has 3 N–H and O–H groups in total. The molecule has 0 aromatic carbocycles. The fourth-order valence-corrected chi connectivity index (χ4v) is 2.62. The lowest BCUT2D eigenvalue weighted by Crippen LogP contribution is -2.36. The third kappa shape index (κ3) is 4.04. The SMILES string of the molecule is [2H]C([2H])([2H])n1ccc2cc(Nc3cc(C)c(Cl)cn3)nc(NC(C)(C)CO)c2c1=O. The van der Waals surface area contributed by atoms with Crippen molar-refractivity contribution in [2.45, 2.75) is 26.3 Å². The maximum Gasteiger partial charge on any atom is 0.261 e. The lowest BCUT2D eigenvalue weighted by atomic mass is 10.1. The maximum absolute atomic E-state index is 12.9. The second kappa shape index (κ2) is 7.17. The molecule has 0 saturated heterocycles. The van der Waals surface area contributed by atoms with Crippen molar-refractivity contribution < 1.29 is 9.22 Å². The number of aliphatic hydroxyl groups is 1. The molecule has 0 radical (unpaired) electrons. The van der Waals surface area contributed by atoms with Crippen LogP contribution in [0.15, 0.2) is 35.4 Å². The first kappa shape index (κ1) is 15.4. The first-order valence-corrected chi connectivity index (χ1v) is 8.64. The van der Waals surface area contributed by atoms with E-state index in [0.717, 1.165) is 5.56 Å². The molecule has 0 aliphatic heterocycles. The number of pyridine rings is 3. The topological polar surface area (TPSA) is 92.1 Å². The van der Waals surface area contributed by atoms with Crippen LogP contribution in [-0.2, 0) is 6.98 Å². The highest BCUT2D eigenvalue weighted by Gasteiger charge is 2.20. The summed E-state index contributed by atoms with van der Waals surface area (Å²) in [7, 11) is 0. The molecule has 27 heavy (non-hydrogen) atoms. The average Bonchev–Trinajstić information content (AvgIpc) is 2.63. The molecule has 3 heterocycles. The van der Waals surface area contributed by atoms with Gasteiger partial charge in [-0.25, -0.2) is 9.97 Å². The van der Waals surface area contributed by atoms with Gasteiger partial charge in [-0.2, -0.15) is 0 Å². The lowest BCUT2D eigenvalue weighted by Gasteiger charge is -2.25. The summed E-state index contributed by atoms with van der Waals surface area (Å²) in [4.78, 5) is 21.6. The zero-order chi connectivity index (χ0) is 22.3. The fraction of sp³-hybridized carbons (Fsp3) is 0.316. The monoisotopic (exact) mass is 390 g/mol. The molecule has 0 saturated carbocycles. The zero-order valence-electron chi connectivity index (χ0n) is 18.2. The molecule has 3 aromatic heterocycles. The number of hydrogen-bond acceptors (Lipinski definition) is 6. The van der Waals surface area contributed by atoms with Crippen LogP contribution in [0.1, 0.15) is 23.5 Å². The minimum atomic E-state index is -2.63. The van der Waals surface area contributed by atoms with E-state index < -0.39 is 18.1 Å². The van der Waals surface area contributed by atoms with Crippen LogP contribution in [0, 0.1) is 6.92 Å². The van der Waals surface area contributed by atoms with Crippen molar-refractivity contribution in [3.05, 3.63) is 51.5 Å². The predicted octanol–water partition coefficient (Wildman–Crippen LogP) is 3.22. The number of aromatic nitrogens is 3. The molecule has 0 atom stereocenters. The number of fused-ring (bicyclic) bond motifs is 1. The van der Waals surface area contributed by atoms with Gasteiger partial charge in [-0.05, 0) is 49.9 Å². The molecule has 0 amide bonds. The summed E-state index contributed by atoms with van der Waals surface area (Å²) in [6.45, 7) is 2.45. The van der Waals surface area contributed by atoms with Crippen LogP contribution in [0.25, 0.3) is 10.8 Å². The smallest absolute Gasteiger partial charge is 0.261 e. The van der Waals surface area contributed by atoms with Crippen molar-refractivity contribution in [1.29, 1.82) is 0 Å². The van der Waals surface area contributed by atoms with Gasteiger partial charge in [0.2, 0.25) is 0 Å². The van der Waals surface area contributed by atoms with Crippen LogP contribution in [0.5, 0.6) is 0 Å². The van der Waals surface area contributed by atoms with E-state index in [2.05, 4.69) is 20.6 Å². The van der Waals surface area contributed by atoms with Gasteiger partial charge in [0, 0.05) is 23.5 Å². The van der Waals surface area contributed by atoms with Gasteiger partial charge in [0.15, 0.2) is 0 Å². The highest BCUT2D eigenvalue weighted by Crippen LogP contribution is 2.26.